The quantitative estimate of drug-likeness (QED) is 0.219. The van der Waals surface area contributed by atoms with Crippen LogP contribution in [0.1, 0.15) is 80.1 Å². The maximum atomic E-state index is 13.1. The predicted octanol–water partition coefficient (Wildman–Crippen LogP) is 1.23. The molecular weight excluding hydrogens is 458 g/mol. The van der Waals surface area contributed by atoms with E-state index in [0.717, 1.165) is 0 Å². The molecule has 1 rings (SSSR count). The Morgan fingerprint density at radius 2 is 1.60 bits per heavy atom. The van der Waals surface area contributed by atoms with Crippen molar-refractivity contribution in [3.63, 3.8) is 0 Å². The van der Waals surface area contributed by atoms with Gasteiger partial charge in [0.15, 0.2) is 5.78 Å². The highest BCUT2D eigenvalue weighted by Crippen LogP contribution is 2.22. The number of rotatable bonds is 13. The Morgan fingerprint density at radius 1 is 1.03 bits per heavy atom. The number of carbonyl (C=O) groups is 7. The number of hydrogen-bond acceptors (Lipinski definition) is 8. The van der Waals surface area contributed by atoms with E-state index in [1.807, 2.05) is 0 Å². The zero-order valence-corrected chi connectivity index (χ0v) is 21.4. The molecule has 0 spiro atoms. The Kier molecular flexibility index (Phi) is 11.2. The van der Waals surface area contributed by atoms with Gasteiger partial charge in [0.25, 0.3) is 11.8 Å². The number of hydrogen-bond donors (Lipinski definition) is 2. The van der Waals surface area contributed by atoms with Crippen LogP contribution in [0.5, 0.6) is 0 Å². The molecule has 196 valence electrons. The fraction of sp³-hybridized carbons (Fsp3) is 0.708. The van der Waals surface area contributed by atoms with Crippen LogP contribution in [0.3, 0.4) is 0 Å². The summed E-state index contributed by atoms with van der Waals surface area (Å²) in [7, 11) is 0. The highest BCUT2D eigenvalue weighted by Gasteiger charge is 2.35. The Hall–Kier alpha value is -3.11. The fourth-order valence-corrected chi connectivity index (χ4v) is 3.54. The second kappa shape index (κ2) is 13.1. The van der Waals surface area contributed by atoms with Crippen molar-refractivity contribution in [2.75, 3.05) is 6.54 Å². The smallest absolute Gasteiger partial charge is 0.340 e. The van der Waals surface area contributed by atoms with Crippen LogP contribution < -0.4 is 10.6 Å². The average molecular weight is 496 g/mol. The van der Waals surface area contributed by atoms with E-state index in [4.69, 9.17) is 4.84 Å². The molecule has 0 aromatic carbocycles. The van der Waals surface area contributed by atoms with Crippen molar-refractivity contribution < 1.29 is 38.4 Å². The van der Waals surface area contributed by atoms with Crippen LogP contribution in [0.4, 0.5) is 0 Å². The minimum absolute atomic E-state index is 0.0606. The molecule has 11 heteroatoms. The molecule has 1 heterocycles. The van der Waals surface area contributed by atoms with Gasteiger partial charge in [0, 0.05) is 44.1 Å². The van der Waals surface area contributed by atoms with E-state index in [1.54, 1.807) is 34.6 Å². The number of amides is 4. The zero-order valence-electron chi connectivity index (χ0n) is 21.4. The number of ketones is 2. The van der Waals surface area contributed by atoms with Gasteiger partial charge >= 0.3 is 5.97 Å². The Morgan fingerprint density at radius 3 is 2.09 bits per heavy atom. The zero-order chi connectivity index (χ0) is 26.9. The van der Waals surface area contributed by atoms with Gasteiger partial charge in [-0.2, -0.15) is 0 Å². The first-order chi connectivity index (χ1) is 16.1. The van der Waals surface area contributed by atoms with Gasteiger partial charge in [-0.05, 0) is 18.8 Å². The molecule has 0 aliphatic carbocycles. The molecule has 35 heavy (non-hydrogen) atoms. The summed E-state index contributed by atoms with van der Waals surface area (Å²) in [6, 6.07) is -0.801. The van der Waals surface area contributed by atoms with Gasteiger partial charge in [0.05, 0.1) is 6.04 Å². The molecule has 0 aromatic heterocycles. The lowest BCUT2D eigenvalue weighted by Gasteiger charge is -2.28. The van der Waals surface area contributed by atoms with Crippen molar-refractivity contribution in [2.45, 2.75) is 86.1 Å². The van der Waals surface area contributed by atoms with Crippen LogP contribution in [0.15, 0.2) is 0 Å². The number of hydroxylamine groups is 2. The van der Waals surface area contributed by atoms with Gasteiger partial charge in [-0.25, -0.2) is 4.79 Å². The summed E-state index contributed by atoms with van der Waals surface area (Å²) in [4.78, 5) is 89.4. The summed E-state index contributed by atoms with van der Waals surface area (Å²) in [5.74, 6) is -4.89. The highest BCUT2D eigenvalue weighted by atomic mass is 16.7. The number of nitrogens with zero attached hydrogens (tertiary/aromatic N) is 1. The molecule has 4 amide bonds. The van der Waals surface area contributed by atoms with Crippen LogP contribution in [0, 0.1) is 17.3 Å². The lowest BCUT2D eigenvalue weighted by molar-refractivity contribution is -0.197. The molecule has 0 saturated carbocycles. The van der Waals surface area contributed by atoms with Crippen molar-refractivity contribution in [2.24, 2.45) is 17.3 Å². The lowest BCUT2D eigenvalue weighted by Crippen LogP contribution is -2.48. The number of carbonyl (C=O) groups excluding carboxylic acids is 7. The molecule has 1 saturated heterocycles. The third kappa shape index (κ3) is 9.96. The molecule has 0 aromatic rings. The summed E-state index contributed by atoms with van der Waals surface area (Å²) >= 11 is 0. The van der Waals surface area contributed by atoms with Crippen LogP contribution >= 0.6 is 0 Å². The van der Waals surface area contributed by atoms with Crippen LogP contribution in [-0.2, 0) is 38.4 Å². The molecule has 1 fully saturated rings. The van der Waals surface area contributed by atoms with Gasteiger partial charge in [0.2, 0.25) is 11.8 Å². The summed E-state index contributed by atoms with van der Waals surface area (Å²) in [6.07, 6.45) is -0.316. The third-order valence-corrected chi connectivity index (χ3v) is 5.55. The van der Waals surface area contributed by atoms with E-state index in [2.05, 4.69) is 10.6 Å². The van der Waals surface area contributed by atoms with Crippen molar-refractivity contribution in [1.82, 2.24) is 15.7 Å². The first kappa shape index (κ1) is 29.9. The van der Waals surface area contributed by atoms with E-state index in [0.29, 0.717) is 24.4 Å². The molecule has 2 N–H and O–H groups in total. The average Bonchev–Trinajstić information content (AvgIpc) is 3.04. The normalized spacial score (nSPS) is 15.6. The largest absolute Gasteiger partial charge is 0.356 e. The SMILES string of the molecule is CC(=O)NCCC[C@H](NC(=O)[C@@H](CC(=O)CC(=O)ON1C(=O)CCC1=O)C(C)C)C(=O)C(C)(C)C. The molecule has 1 aliphatic heterocycles. The van der Waals surface area contributed by atoms with E-state index in [1.165, 1.54) is 6.92 Å². The summed E-state index contributed by atoms with van der Waals surface area (Å²) in [5.41, 5.74) is -0.719. The monoisotopic (exact) mass is 495 g/mol. The molecule has 2 atom stereocenters. The molecule has 0 bridgehead atoms. The molecular formula is C24H37N3O8. The van der Waals surface area contributed by atoms with Gasteiger partial charge in [-0.3, -0.25) is 28.8 Å². The van der Waals surface area contributed by atoms with Gasteiger partial charge in [0.1, 0.15) is 12.2 Å². The van der Waals surface area contributed by atoms with Crippen molar-refractivity contribution >= 4 is 41.2 Å². The Labute approximate surface area is 205 Å². The summed E-state index contributed by atoms with van der Waals surface area (Å²) in [5, 5.41) is 5.77. The van der Waals surface area contributed by atoms with E-state index >= 15 is 0 Å². The minimum atomic E-state index is -1.06. The molecule has 0 unspecified atom stereocenters. The van der Waals surface area contributed by atoms with E-state index in [-0.39, 0.29) is 36.9 Å². The van der Waals surface area contributed by atoms with E-state index in [9.17, 15) is 33.6 Å². The topological polar surface area (TPSA) is 156 Å². The molecule has 0 radical (unpaired) electrons. The third-order valence-electron chi connectivity index (χ3n) is 5.55. The molecule has 1 aliphatic rings. The number of nitrogens with one attached hydrogen (secondary N) is 2. The van der Waals surface area contributed by atoms with Crippen LogP contribution in [-0.4, -0.2) is 58.8 Å². The van der Waals surface area contributed by atoms with Gasteiger partial charge in [-0.1, -0.05) is 34.6 Å². The van der Waals surface area contributed by atoms with Gasteiger partial charge < -0.3 is 15.5 Å². The number of imide groups is 1. The fourth-order valence-electron chi connectivity index (χ4n) is 3.54. The summed E-state index contributed by atoms with van der Waals surface area (Å²) < 4.78 is 0. The predicted molar refractivity (Wildman–Crippen MR) is 124 cm³/mol. The second-order valence-corrected chi connectivity index (χ2v) is 10.1. The standard InChI is InChI=1S/C24H37N3O8/c1-14(2)17(12-16(29)13-21(32)35-27-19(30)9-10-20(27)31)23(34)26-18(22(33)24(4,5)6)8-7-11-25-15(3)28/h14,17-18H,7-13H2,1-6H3,(H,25,28)(H,26,34)/t17-,18-/m0/s1. The highest BCUT2D eigenvalue weighted by molar-refractivity contribution is 6.03. The first-order valence-electron chi connectivity index (χ1n) is 11.8. The van der Waals surface area contributed by atoms with Crippen molar-refractivity contribution in [3.05, 3.63) is 0 Å². The van der Waals surface area contributed by atoms with Crippen molar-refractivity contribution in [1.29, 1.82) is 0 Å². The Bertz CT molecular complexity index is 843. The maximum Gasteiger partial charge on any atom is 0.340 e. The van der Waals surface area contributed by atoms with Gasteiger partial charge in [-0.15, -0.1) is 5.06 Å². The van der Waals surface area contributed by atoms with E-state index < -0.39 is 53.3 Å². The minimum Gasteiger partial charge on any atom is -0.356 e. The van der Waals surface area contributed by atoms with Crippen LogP contribution in [0.2, 0.25) is 0 Å². The number of Topliss-reactive ketones (excluding diaryl/α,β-unsaturated/α-hetero) is 2. The molecule has 11 nitrogen and oxygen atoms in total. The van der Waals surface area contributed by atoms with Crippen LogP contribution in [0.25, 0.3) is 0 Å². The van der Waals surface area contributed by atoms with Crippen molar-refractivity contribution in [3.8, 4) is 0 Å². The maximum absolute atomic E-state index is 13.1. The second-order valence-electron chi connectivity index (χ2n) is 10.1. The lowest BCUT2D eigenvalue weighted by atomic mass is 9.83. The Balaban J connectivity index is 2.79. The first-order valence-corrected chi connectivity index (χ1v) is 11.8. The summed E-state index contributed by atoms with van der Waals surface area (Å²) in [6.45, 7) is 10.5.